The van der Waals surface area contributed by atoms with Crippen molar-refractivity contribution in [2.75, 3.05) is 5.75 Å². The van der Waals surface area contributed by atoms with E-state index in [4.69, 9.17) is 11.6 Å². The average Bonchev–Trinajstić information content (AvgIpc) is 3.11. The zero-order valence-corrected chi connectivity index (χ0v) is 16.9. The van der Waals surface area contributed by atoms with E-state index in [0.717, 1.165) is 16.8 Å². The van der Waals surface area contributed by atoms with Gasteiger partial charge in [0, 0.05) is 5.02 Å². The summed E-state index contributed by atoms with van der Waals surface area (Å²) < 4.78 is 1.64. The first kappa shape index (κ1) is 19.4. The van der Waals surface area contributed by atoms with Crippen molar-refractivity contribution in [2.24, 2.45) is 0 Å². The van der Waals surface area contributed by atoms with Crippen LogP contribution in [-0.2, 0) is 4.79 Å². The van der Waals surface area contributed by atoms with Crippen molar-refractivity contribution >= 4 is 29.3 Å². The number of aromatic nitrogens is 4. The maximum Gasteiger partial charge on any atom is 0.230 e. The standard InChI is InChI=1S/C19H20ClN5OS/c1-12-7-8-17(9-13(12)2)25-19(22-23-24-25)27-11-18(26)21-14(3)15-5-4-6-16(20)10-15/h4-10,14H,11H2,1-3H3,(H,21,26)/t14-/m0/s1. The minimum Gasteiger partial charge on any atom is -0.349 e. The molecule has 6 nitrogen and oxygen atoms in total. The fourth-order valence-corrected chi connectivity index (χ4v) is 3.46. The van der Waals surface area contributed by atoms with E-state index < -0.39 is 0 Å². The second-order valence-electron chi connectivity index (χ2n) is 6.27. The summed E-state index contributed by atoms with van der Waals surface area (Å²) in [7, 11) is 0. The highest BCUT2D eigenvalue weighted by molar-refractivity contribution is 7.99. The van der Waals surface area contributed by atoms with Crippen LogP contribution in [0.3, 0.4) is 0 Å². The number of hydrogen-bond donors (Lipinski definition) is 1. The van der Waals surface area contributed by atoms with Crippen LogP contribution in [-0.4, -0.2) is 31.9 Å². The number of carbonyl (C=O) groups is 1. The number of aryl methyl sites for hydroxylation is 2. The van der Waals surface area contributed by atoms with Crippen LogP contribution >= 0.6 is 23.4 Å². The molecule has 0 radical (unpaired) electrons. The Bertz CT molecular complexity index is 959. The number of thioether (sulfide) groups is 1. The third kappa shape index (κ3) is 4.87. The highest BCUT2D eigenvalue weighted by Gasteiger charge is 2.14. The predicted octanol–water partition coefficient (Wildman–Crippen LogP) is 3.90. The SMILES string of the molecule is Cc1ccc(-n2nnnc2SCC(=O)N[C@@H](C)c2cccc(Cl)c2)cc1C. The summed E-state index contributed by atoms with van der Waals surface area (Å²) in [6.07, 6.45) is 0. The molecule has 1 amide bonds. The van der Waals surface area contributed by atoms with E-state index in [-0.39, 0.29) is 17.7 Å². The Hall–Kier alpha value is -2.38. The lowest BCUT2D eigenvalue weighted by Gasteiger charge is -2.14. The summed E-state index contributed by atoms with van der Waals surface area (Å²) in [5.41, 5.74) is 4.20. The number of hydrogen-bond acceptors (Lipinski definition) is 5. The van der Waals surface area contributed by atoms with Crippen molar-refractivity contribution in [1.82, 2.24) is 25.5 Å². The van der Waals surface area contributed by atoms with Gasteiger partial charge in [-0.1, -0.05) is 41.6 Å². The van der Waals surface area contributed by atoms with Crippen LogP contribution in [0, 0.1) is 13.8 Å². The molecule has 3 rings (SSSR count). The zero-order valence-electron chi connectivity index (χ0n) is 15.3. The molecule has 0 saturated heterocycles. The normalized spacial score (nSPS) is 12.0. The predicted molar refractivity (Wildman–Crippen MR) is 107 cm³/mol. The molecular formula is C19H20ClN5OS. The summed E-state index contributed by atoms with van der Waals surface area (Å²) in [5.74, 6) is 0.123. The van der Waals surface area contributed by atoms with Crippen LogP contribution in [0.25, 0.3) is 5.69 Å². The molecular weight excluding hydrogens is 382 g/mol. The van der Waals surface area contributed by atoms with Gasteiger partial charge in [0.2, 0.25) is 11.1 Å². The summed E-state index contributed by atoms with van der Waals surface area (Å²) in [5, 5.41) is 16.0. The topological polar surface area (TPSA) is 72.7 Å². The Labute approximate surface area is 167 Å². The highest BCUT2D eigenvalue weighted by atomic mass is 35.5. The number of benzene rings is 2. The van der Waals surface area contributed by atoms with Crippen LogP contribution in [0.1, 0.15) is 29.7 Å². The summed E-state index contributed by atoms with van der Waals surface area (Å²) in [6.45, 7) is 6.02. The molecule has 1 aromatic heterocycles. The van der Waals surface area contributed by atoms with Gasteiger partial charge in [-0.15, -0.1) is 5.10 Å². The number of amides is 1. The van der Waals surface area contributed by atoms with Crippen molar-refractivity contribution in [3.05, 3.63) is 64.2 Å². The number of nitrogens with one attached hydrogen (secondary N) is 1. The van der Waals surface area contributed by atoms with Gasteiger partial charge < -0.3 is 5.32 Å². The van der Waals surface area contributed by atoms with Crippen LogP contribution in [0.5, 0.6) is 0 Å². The first-order valence-electron chi connectivity index (χ1n) is 8.47. The monoisotopic (exact) mass is 401 g/mol. The van der Waals surface area contributed by atoms with Crippen LogP contribution in [0.4, 0.5) is 0 Å². The lowest BCUT2D eigenvalue weighted by atomic mass is 10.1. The maximum atomic E-state index is 12.3. The van der Waals surface area contributed by atoms with Crippen LogP contribution < -0.4 is 5.32 Å². The first-order chi connectivity index (χ1) is 12.9. The van der Waals surface area contributed by atoms with E-state index in [1.165, 1.54) is 17.3 Å². The fourth-order valence-electron chi connectivity index (χ4n) is 2.56. The molecule has 0 fully saturated rings. The molecule has 0 spiro atoms. The van der Waals surface area contributed by atoms with Gasteiger partial charge in [0.25, 0.3) is 0 Å². The van der Waals surface area contributed by atoms with E-state index in [0.29, 0.717) is 10.2 Å². The van der Waals surface area contributed by atoms with E-state index in [2.05, 4.69) is 27.8 Å². The third-order valence-corrected chi connectivity index (χ3v) is 5.39. The van der Waals surface area contributed by atoms with Crippen molar-refractivity contribution in [3.63, 3.8) is 0 Å². The Morgan fingerprint density at radius 1 is 1.22 bits per heavy atom. The van der Waals surface area contributed by atoms with Crippen LogP contribution in [0.2, 0.25) is 5.02 Å². The third-order valence-electron chi connectivity index (χ3n) is 4.23. The summed E-state index contributed by atoms with van der Waals surface area (Å²) >= 11 is 7.30. The molecule has 27 heavy (non-hydrogen) atoms. The molecule has 0 aliphatic carbocycles. The second kappa shape index (κ2) is 8.54. The van der Waals surface area contributed by atoms with Gasteiger partial charge in [-0.3, -0.25) is 4.79 Å². The van der Waals surface area contributed by atoms with Crippen LogP contribution in [0.15, 0.2) is 47.6 Å². The Kier molecular flexibility index (Phi) is 6.13. The number of tetrazole rings is 1. The first-order valence-corrected chi connectivity index (χ1v) is 9.84. The van der Waals surface area contributed by atoms with Crippen molar-refractivity contribution in [3.8, 4) is 5.69 Å². The smallest absolute Gasteiger partial charge is 0.230 e. The van der Waals surface area contributed by atoms with Crippen molar-refractivity contribution in [1.29, 1.82) is 0 Å². The molecule has 1 N–H and O–H groups in total. The lowest BCUT2D eigenvalue weighted by molar-refractivity contribution is -0.119. The molecule has 140 valence electrons. The zero-order chi connectivity index (χ0) is 19.4. The number of carbonyl (C=O) groups excluding carboxylic acids is 1. The number of rotatable bonds is 6. The average molecular weight is 402 g/mol. The molecule has 0 unspecified atom stereocenters. The summed E-state index contributed by atoms with van der Waals surface area (Å²) in [4.78, 5) is 12.3. The Morgan fingerprint density at radius 3 is 2.78 bits per heavy atom. The minimum atomic E-state index is -0.132. The van der Waals surface area contributed by atoms with E-state index in [1.807, 2.05) is 56.3 Å². The van der Waals surface area contributed by atoms with E-state index in [1.54, 1.807) is 4.68 Å². The van der Waals surface area contributed by atoms with Gasteiger partial charge in [-0.05, 0) is 72.2 Å². The van der Waals surface area contributed by atoms with Gasteiger partial charge in [-0.25, -0.2) is 0 Å². The van der Waals surface area contributed by atoms with Gasteiger partial charge >= 0.3 is 0 Å². The Morgan fingerprint density at radius 2 is 2.04 bits per heavy atom. The fraction of sp³-hybridized carbons (Fsp3) is 0.263. The quantitative estimate of drug-likeness (QED) is 0.634. The minimum absolute atomic E-state index is 0.0953. The molecule has 8 heteroatoms. The largest absolute Gasteiger partial charge is 0.349 e. The molecule has 3 aromatic rings. The highest BCUT2D eigenvalue weighted by Crippen LogP contribution is 2.21. The molecule has 0 saturated carbocycles. The molecule has 0 aliphatic heterocycles. The van der Waals surface area contributed by atoms with Crippen molar-refractivity contribution < 1.29 is 4.79 Å². The van der Waals surface area contributed by atoms with Crippen molar-refractivity contribution in [2.45, 2.75) is 32.0 Å². The van der Waals surface area contributed by atoms with Gasteiger partial charge in [0.1, 0.15) is 0 Å². The van der Waals surface area contributed by atoms with Gasteiger partial charge in [0.15, 0.2) is 0 Å². The molecule has 1 heterocycles. The maximum absolute atomic E-state index is 12.3. The number of nitrogens with zero attached hydrogens (tertiary/aromatic N) is 4. The lowest BCUT2D eigenvalue weighted by Crippen LogP contribution is -2.28. The van der Waals surface area contributed by atoms with Gasteiger partial charge in [-0.2, -0.15) is 4.68 Å². The van der Waals surface area contributed by atoms with E-state index in [9.17, 15) is 4.79 Å². The van der Waals surface area contributed by atoms with Gasteiger partial charge in [0.05, 0.1) is 17.5 Å². The molecule has 0 aliphatic rings. The molecule has 1 atom stereocenters. The van der Waals surface area contributed by atoms with E-state index >= 15 is 0 Å². The number of halogens is 1. The Balaban J connectivity index is 1.63. The molecule has 0 bridgehead atoms. The summed E-state index contributed by atoms with van der Waals surface area (Å²) in [6, 6.07) is 13.3. The second-order valence-corrected chi connectivity index (χ2v) is 7.65. The molecule has 2 aromatic carbocycles.